The Morgan fingerprint density at radius 1 is 1.09 bits per heavy atom. The zero-order valence-electron chi connectivity index (χ0n) is 18.7. The van der Waals surface area contributed by atoms with E-state index in [1.807, 2.05) is 31.2 Å². The third kappa shape index (κ3) is 5.40. The number of nitrogens with zero attached hydrogens (tertiary/aromatic N) is 4. The summed E-state index contributed by atoms with van der Waals surface area (Å²) in [7, 11) is -3.51. The van der Waals surface area contributed by atoms with E-state index < -0.39 is 9.84 Å². The molecule has 0 atom stereocenters. The molecule has 10 heteroatoms. The maximum atomic E-state index is 12.9. The molecule has 2 aromatic carbocycles. The van der Waals surface area contributed by atoms with E-state index in [2.05, 4.69) is 15.4 Å². The van der Waals surface area contributed by atoms with E-state index in [0.717, 1.165) is 11.1 Å². The summed E-state index contributed by atoms with van der Waals surface area (Å²) in [5.74, 6) is -0.639. The highest BCUT2D eigenvalue weighted by Gasteiger charge is 2.16. The summed E-state index contributed by atoms with van der Waals surface area (Å²) in [5, 5.41) is 7.33. The van der Waals surface area contributed by atoms with Crippen molar-refractivity contribution in [2.24, 2.45) is 0 Å². The Kier molecular flexibility index (Phi) is 6.87. The predicted molar refractivity (Wildman–Crippen MR) is 128 cm³/mol. The molecule has 0 aliphatic carbocycles. The standard InChI is InChI=1S/C24H25N5O4S/c1-18-6-5-7-19(14-18)16-28-17-26-23-21(24(28)31)15-27-29(23)12-11-25-22(30)10-13-34(32,33)20-8-3-2-4-9-20/h2-9,14-15,17H,10-13,16H2,1H3,(H,25,30). The van der Waals surface area contributed by atoms with Crippen molar-refractivity contribution in [3.05, 3.63) is 88.6 Å². The van der Waals surface area contributed by atoms with Crippen LogP contribution in [-0.2, 0) is 27.7 Å². The number of carbonyl (C=O) groups is 1. The summed E-state index contributed by atoms with van der Waals surface area (Å²) in [6, 6.07) is 16.0. The van der Waals surface area contributed by atoms with Crippen LogP contribution in [0.4, 0.5) is 0 Å². The molecule has 0 bridgehead atoms. The molecule has 0 fully saturated rings. The van der Waals surface area contributed by atoms with Crippen LogP contribution < -0.4 is 10.9 Å². The van der Waals surface area contributed by atoms with Crippen molar-refractivity contribution < 1.29 is 13.2 Å². The first-order valence-electron chi connectivity index (χ1n) is 10.8. The molecule has 4 rings (SSSR count). The topological polar surface area (TPSA) is 116 Å². The molecule has 176 valence electrons. The first kappa shape index (κ1) is 23.4. The van der Waals surface area contributed by atoms with Crippen LogP contribution in [-0.4, -0.2) is 46.0 Å². The van der Waals surface area contributed by atoms with Gasteiger partial charge in [0, 0.05) is 13.0 Å². The van der Waals surface area contributed by atoms with Crippen molar-refractivity contribution in [1.82, 2.24) is 24.6 Å². The number of amides is 1. The quantitative estimate of drug-likeness (QED) is 0.392. The van der Waals surface area contributed by atoms with Crippen LogP contribution in [0.2, 0.25) is 0 Å². The molecule has 1 amide bonds. The number of fused-ring (bicyclic) bond motifs is 1. The Hall–Kier alpha value is -3.79. The summed E-state index contributed by atoms with van der Waals surface area (Å²) in [6.45, 7) is 2.94. The zero-order chi connectivity index (χ0) is 24.1. The fourth-order valence-electron chi connectivity index (χ4n) is 3.64. The smallest absolute Gasteiger partial charge is 0.264 e. The Bertz CT molecular complexity index is 1480. The van der Waals surface area contributed by atoms with Gasteiger partial charge in [-0.15, -0.1) is 0 Å². The molecule has 2 heterocycles. The van der Waals surface area contributed by atoms with Crippen LogP contribution in [0.25, 0.3) is 11.0 Å². The van der Waals surface area contributed by atoms with E-state index in [1.54, 1.807) is 22.9 Å². The Balaban J connectivity index is 1.34. The molecule has 0 aliphatic rings. The minimum Gasteiger partial charge on any atom is -0.354 e. The van der Waals surface area contributed by atoms with Gasteiger partial charge in [-0.05, 0) is 24.6 Å². The third-order valence-corrected chi connectivity index (χ3v) is 7.14. The second-order valence-corrected chi connectivity index (χ2v) is 10.1. The summed E-state index contributed by atoms with van der Waals surface area (Å²) < 4.78 is 27.7. The van der Waals surface area contributed by atoms with Crippen LogP contribution in [0, 0.1) is 6.92 Å². The number of aryl methyl sites for hydroxylation is 1. The molecule has 0 saturated carbocycles. The van der Waals surface area contributed by atoms with Crippen LogP contribution in [0.1, 0.15) is 17.5 Å². The third-order valence-electron chi connectivity index (χ3n) is 5.40. The molecule has 1 N–H and O–H groups in total. The van der Waals surface area contributed by atoms with Gasteiger partial charge >= 0.3 is 0 Å². The Morgan fingerprint density at radius 2 is 1.88 bits per heavy atom. The lowest BCUT2D eigenvalue weighted by Crippen LogP contribution is -2.29. The molecular weight excluding hydrogens is 454 g/mol. The number of aromatic nitrogens is 4. The molecule has 9 nitrogen and oxygen atoms in total. The molecule has 4 aromatic rings. The van der Waals surface area contributed by atoms with Gasteiger partial charge in [-0.3, -0.25) is 14.2 Å². The summed E-state index contributed by atoms with van der Waals surface area (Å²) in [4.78, 5) is 29.6. The van der Waals surface area contributed by atoms with E-state index in [0.29, 0.717) is 24.1 Å². The highest BCUT2D eigenvalue weighted by molar-refractivity contribution is 7.91. The molecule has 0 unspecified atom stereocenters. The normalized spacial score (nSPS) is 11.6. The van der Waals surface area contributed by atoms with E-state index in [4.69, 9.17) is 0 Å². The number of nitrogens with one attached hydrogen (secondary N) is 1. The lowest BCUT2D eigenvalue weighted by atomic mass is 10.1. The van der Waals surface area contributed by atoms with Crippen molar-refractivity contribution in [3.63, 3.8) is 0 Å². The lowest BCUT2D eigenvalue weighted by Gasteiger charge is -2.08. The zero-order valence-corrected chi connectivity index (χ0v) is 19.5. The average Bonchev–Trinajstić information content (AvgIpc) is 3.24. The number of hydrogen-bond acceptors (Lipinski definition) is 6. The van der Waals surface area contributed by atoms with Gasteiger partial charge in [0.15, 0.2) is 15.5 Å². The maximum absolute atomic E-state index is 12.9. The monoisotopic (exact) mass is 479 g/mol. The molecule has 0 saturated heterocycles. The van der Waals surface area contributed by atoms with Crippen LogP contribution in [0.5, 0.6) is 0 Å². The second-order valence-electron chi connectivity index (χ2n) is 8.00. The van der Waals surface area contributed by atoms with Crippen molar-refractivity contribution in [2.45, 2.75) is 31.3 Å². The number of carbonyl (C=O) groups excluding carboxylic acids is 1. The van der Waals surface area contributed by atoms with Crippen LogP contribution in [0.3, 0.4) is 0 Å². The minimum absolute atomic E-state index is 0.140. The van der Waals surface area contributed by atoms with Crippen molar-refractivity contribution in [1.29, 1.82) is 0 Å². The highest BCUT2D eigenvalue weighted by Crippen LogP contribution is 2.11. The van der Waals surface area contributed by atoms with E-state index in [9.17, 15) is 18.0 Å². The largest absolute Gasteiger partial charge is 0.354 e. The second kappa shape index (κ2) is 10.0. The number of benzene rings is 2. The molecule has 34 heavy (non-hydrogen) atoms. The number of rotatable bonds is 9. The predicted octanol–water partition coefficient (Wildman–Crippen LogP) is 1.93. The van der Waals surface area contributed by atoms with Crippen LogP contribution >= 0.6 is 0 Å². The van der Waals surface area contributed by atoms with Crippen molar-refractivity contribution in [2.75, 3.05) is 12.3 Å². The summed E-state index contributed by atoms with van der Waals surface area (Å²) >= 11 is 0. The summed E-state index contributed by atoms with van der Waals surface area (Å²) in [6.07, 6.45) is 2.84. The van der Waals surface area contributed by atoms with Gasteiger partial charge in [-0.1, -0.05) is 48.0 Å². The summed E-state index contributed by atoms with van der Waals surface area (Å²) in [5.41, 5.74) is 2.37. The minimum atomic E-state index is -3.51. The molecule has 2 aromatic heterocycles. The molecule has 0 aliphatic heterocycles. The lowest BCUT2D eigenvalue weighted by molar-refractivity contribution is -0.120. The maximum Gasteiger partial charge on any atom is 0.264 e. The number of hydrogen-bond donors (Lipinski definition) is 1. The van der Waals surface area contributed by atoms with Gasteiger partial charge in [0.25, 0.3) is 5.56 Å². The Morgan fingerprint density at radius 3 is 2.65 bits per heavy atom. The van der Waals surface area contributed by atoms with Gasteiger partial charge in [0.05, 0.1) is 29.9 Å². The number of sulfone groups is 1. The first-order chi connectivity index (χ1) is 16.3. The van der Waals surface area contributed by atoms with Gasteiger partial charge < -0.3 is 5.32 Å². The molecular formula is C24H25N5O4S. The van der Waals surface area contributed by atoms with Crippen molar-refractivity contribution in [3.8, 4) is 0 Å². The van der Waals surface area contributed by atoms with E-state index >= 15 is 0 Å². The van der Waals surface area contributed by atoms with Crippen molar-refractivity contribution >= 4 is 26.8 Å². The highest BCUT2D eigenvalue weighted by atomic mass is 32.2. The van der Waals surface area contributed by atoms with Gasteiger partial charge in [-0.25, -0.2) is 18.1 Å². The average molecular weight is 480 g/mol. The first-order valence-corrected chi connectivity index (χ1v) is 12.5. The fourth-order valence-corrected chi connectivity index (χ4v) is 4.90. The SMILES string of the molecule is Cc1cccc(Cn2cnc3c(cnn3CCNC(=O)CCS(=O)(=O)c3ccccc3)c2=O)c1. The van der Waals surface area contributed by atoms with Crippen LogP contribution in [0.15, 0.2) is 76.8 Å². The van der Waals surface area contributed by atoms with E-state index in [-0.39, 0.29) is 35.1 Å². The Labute approximate surface area is 197 Å². The fraction of sp³-hybridized carbons (Fsp3) is 0.250. The molecule has 0 radical (unpaired) electrons. The molecule has 0 spiro atoms. The van der Waals surface area contributed by atoms with Gasteiger partial charge in [-0.2, -0.15) is 5.10 Å². The van der Waals surface area contributed by atoms with Gasteiger partial charge in [0.1, 0.15) is 11.7 Å². The van der Waals surface area contributed by atoms with E-state index in [1.165, 1.54) is 29.2 Å². The van der Waals surface area contributed by atoms with Gasteiger partial charge in [0.2, 0.25) is 5.91 Å².